The molecule has 5 rings (SSSR count). The summed E-state index contributed by atoms with van der Waals surface area (Å²) in [7, 11) is 0. The largest absolute Gasteiger partial charge is 0.270 e. The smallest absolute Gasteiger partial charge is 0.268 e. The van der Waals surface area contributed by atoms with Gasteiger partial charge in [-0.3, -0.25) is 19.7 Å². The van der Waals surface area contributed by atoms with Crippen LogP contribution in [0.5, 0.6) is 0 Å². The van der Waals surface area contributed by atoms with Crippen molar-refractivity contribution in [3.05, 3.63) is 93.3 Å². The Bertz CT molecular complexity index is 1420. The zero-order valence-electron chi connectivity index (χ0n) is 16.1. The molecule has 0 aliphatic carbocycles. The van der Waals surface area contributed by atoms with Crippen LogP contribution in [0.15, 0.2) is 65.0 Å². The number of fused-ring (bicyclic) bond motifs is 2. The molecule has 2 heterocycles. The van der Waals surface area contributed by atoms with Gasteiger partial charge in [-0.2, -0.15) is 0 Å². The molecule has 1 aliphatic rings. The van der Waals surface area contributed by atoms with E-state index in [4.69, 9.17) is 0 Å². The van der Waals surface area contributed by atoms with Crippen molar-refractivity contribution in [2.75, 3.05) is 4.90 Å². The first-order chi connectivity index (χ1) is 15.4. The molecule has 0 unspecified atom stereocenters. The Hall–Kier alpha value is -3.63. The topological polar surface area (TPSA) is 93.4 Å². The van der Waals surface area contributed by atoms with Crippen LogP contribution in [0.2, 0.25) is 0 Å². The summed E-state index contributed by atoms with van der Waals surface area (Å²) < 4.78 is 14.7. The first-order valence-electron chi connectivity index (χ1n) is 9.36. The first-order valence-corrected chi connectivity index (χ1v) is 11.2. The third-order valence-corrected chi connectivity index (χ3v) is 7.20. The Morgan fingerprint density at radius 1 is 1.00 bits per heavy atom. The number of hydrogen-bond donors (Lipinski definition) is 0. The van der Waals surface area contributed by atoms with Gasteiger partial charge >= 0.3 is 0 Å². The Kier molecular flexibility index (Phi) is 4.95. The SMILES string of the molecule is O=C1c2ccc([N+](=O)[O-])cc2C(=O)N1c1ccc2nc(SCc3ccc(F)cc3)sc2c1. The number of carbonyl (C=O) groups is 2. The number of hydrogen-bond acceptors (Lipinski definition) is 7. The minimum atomic E-state index is -0.602. The van der Waals surface area contributed by atoms with Gasteiger partial charge in [0.25, 0.3) is 17.5 Å². The molecular formula is C22H12FN3O4S2. The van der Waals surface area contributed by atoms with E-state index >= 15 is 0 Å². The fourth-order valence-corrected chi connectivity index (χ4v) is 5.45. The second-order valence-corrected chi connectivity index (χ2v) is 9.23. The average Bonchev–Trinajstić information content (AvgIpc) is 3.30. The molecule has 0 bridgehead atoms. The number of carbonyl (C=O) groups excluding carboxylic acids is 2. The van der Waals surface area contributed by atoms with Crippen molar-refractivity contribution in [2.45, 2.75) is 10.1 Å². The van der Waals surface area contributed by atoms with Gasteiger partial charge in [0.2, 0.25) is 0 Å². The van der Waals surface area contributed by atoms with E-state index in [0.717, 1.165) is 31.1 Å². The molecular weight excluding hydrogens is 453 g/mol. The highest BCUT2D eigenvalue weighted by molar-refractivity contribution is 8.00. The molecule has 0 saturated heterocycles. The van der Waals surface area contributed by atoms with Crippen molar-refractivity contribution in [1.82, 2.24) is 4.98 Å². The monoisotopic (exact) mass is 465 g/mol. The van der Waals surface area contributed by atoms with Crippen LogP contribution in [0.1, 0.15) is 26.3 Å². The lowest BCUT2D eigenvalue weighted by Gasteiger charge is -2.13. The molecule has 1 aliphatic heterocycles. The van der Waals surface area contributed by atoms with Crippen LogP contribution in [0, 0.1) is 15.9 Å². The fraction of sp³-hybridized carbons (Fsp3) is 0.0455. The molecule has 0 saturated carbocycles. The summed E-state index contributed by atoms with van der Waals surface area (Å²) in [6.45, 7) is 0. The molecule has 158 valence electrons. The van der Waals surface area contributed by atoms with Crippen LogP contribution >= 0.6 is 23.1 Å². The molecule has 0 atom stereocenters. The van der Waals surface area contributed by atoms with E-state index in [2.05, 4.69) is 4.98 Å². The predicted octanol–water partition coefficient (Wildman–Crippen LogP) is 5.44. The summed E-state index contributed by atoms with van der Waals surface area (Å²) in [5.41, 5.74) is 1.99. The fourth-order valence-electron chi connectivity index (χ4n) is 3.40. The van der Waals surface area contributed by atoms with E-state index < -0.39 is 16.7 Å². The minimum absolute atomic E-state index is 0.0177. The molecule has 1 aromatic heterocycles. The van der Waals surface area contributed by atoms with E-state index in [9.17, 15) is 24.1 Å². The number of amides is 2. The number of thiazole rings is 1. The summed E-state index contributed by atoms with van der Waals surface area (Å²) in [6, 6.07) is 15.0. The normalized spacial score (nSPS) is 13.1. The van der Waals surface area contributed by atoms with Crippen molar-refractivity contribution >= 4 is 56.5 Å². The number of halogens is 1. The number of benzene rings is 3. The van der Waals surface area contributed by atoms with E-state index in [1.54, 1.807) is 30.3 Å². The van der Waals surface area contributed by atoms with E-state index in [0.29, 0.717) is 11.4 Å². The summed E-state index contributed by atoms with van der Waals surface area (Å²) in [5.74, 6) is -0.767. The quantitative estimate of drug-likeness (QED) is 0.169. The first kappa shape index (κ1) is 20.3. The van der Waals surface area contributed by atoms with E-state index in [1.165, 1.54) is 47.4 Å². The average molecular weight is 465 g/mol. The summed E-state index contributed by atoms with van der Waals surface area (Å²) in [6.07, 6.45) is 0. The maximum absolute atomic E-state index is 13.1. The van der Waals surface area contributed by atoms with Crippen molar-refractivity contribution in [2.24, 2.45) is 0 Å². The van der Waals surface area contributed by atoms with Gasteiger partial charge in [0.1, 0.15) is 5.82 Å². The van der Waals surface area contributed by atoms with Crippen LogP contribution in [0.4, 0.5) is 15.8 Å². The third-order valence-electron chi connectivity index (χ3n) is 4.97. The maximum Gasteiger partial charge on any atom is 0.270 e. The lowest BCUT2D eigenvalue weighted by molar-refractivity contribution is -0.384. The number of nitrogens with zero attached hydrogens (tertiary/aromatic N) is 3. The number of aromatic nitrogens is 1. The summed E-state index contributed by atoms with van der Waals surface area (Å²) >= 11 is 2.94. The van der Waals surface area contributed by atoms with Crippen molar-refractivity contribution in [3.63, 3.8) is 0 Å². The number of anilines is 1. The number of nitro groups is 1. The second kappa shape index (κ2) is 7.81. The minimum Gasteiger partial charge on any atom is -0.268 e. The number of imide groups is 1. The lowest BCUT2D eigenvalue weighted by Crippen LogP contribution is -2.29. The van der Waals surface area contributed by atoms with Crippen LogP contribution in [-0.4, -0.2) is 21.7 Å². The van der Waals surface area contributed by atoms with Gasteiger partial charge in [-0.15, -0.1) is 11.3 Å². The Labute approximate surface area is 188 Å². The van der Waals surface area contributed by atoms with Gasteiger partial charge in [-0.05, 0) is 42.0 Å². The Balaban J connectivity index is 1.41. The molecule has 32 heavy (non-hydrogen) atoms. The highest BCUT2D eigenvalue weighted by Gasteiger charge is 2.38. The van der Waals surface area contributed by atoms with Crippen LogP contribution in [0.25, 0.3) is 10.2 Å². The summed E-state index contributed by atoms with van der Waals surface area (Å²) in [4.78, 5) is 41.7. The van der Waals surface area contributed by atoms with Crippen LogP contribution in [-0.2, 0) is 5.75 Å². The van der Waals surface area contributed by atoms with Crippen molar-refractivity contribution in [1.29, 1.82) is 0 Å². The second-order valence-electron chi connectivity index (χ2n) is 6.98. The number of non-ortho nitro benzene ring substituents is 1. The van der Waals surface area contributed by atoms with Crippen LogP contribution < -0.4 is 4.90 Å². The van der Waals surface area contributed by atoms with Gasteiger partial charge in [-0.25, -0.2) is 14.3 Å². The molecule has 7 nitrogen and oxygen atoms in total. The van der Waals surface area contributed by atoms with Gasteiger partial charge in [0.15, 0.2) is 4.34 Å². The highest BCUT2D eigenvalue weighted by atomic mass is 32.2. The van der Waals surface area contributed by atoms with E-state index in [-0.39, 0.29) is 22.6 Å². The summed E-state index contributed by atoms with van der Waals surface area (Å²) in [5, 5.41) is 11.0. The van der Waals surface area contributed by atoms with Crippen molar-refractivity contribution in [3.8, 4) is 0 Å². The molecule has 10 heteroatoms. The number of nitro benzene ring substituents is 1. The number of thioether (sulfide) groups is 1. The molecule has 0 spiro atoms. The van der Waals surface area contributed by atoms with E-state index in [1.807, 2.05) is 0 Å². The van der Waals surface area contributed by atoms with Gasteiger partial charge in [-0.1, -0.05) is 23.9 Å². The highest BCUT2D eigenvalue weighted by Crippen LogP contribution is 2.36. The van der Waals surface area contributed by atoms with Crippen molar-refractivity contribution < 1.29 is 18.9 Å². The maximum atomic E-state index is 13.1. The standard InChI is InChI=1S/C22H12FN3O4S2/c23-13-3-1-12(2-4-13)11-31-22-24-18-8-6-14(10-19(18)32-22)25-20(27)16-7-5-15(26(29)30)9-17(16)21(25)28/h1-10H,11H2. The molecule has 3 aromatic carbocycles. The zero-order valence-corrected chi connectivity index (χ0v) is 17.8. The molecule has 0 fully saturated rings. The lowest BCUT2D eigenvalue weighted by atomic mass is 10.1. The molecule has 0 N–H and O–H groups in total. The van der Waals surface area contributed by atoms with Gasteiger partial charge in [0.05, 0.1) is 32.0 Å². The Morgan fingerprint density at radius 3 is 2.50 bits per heavy atom. The third kappa shape index (κ3) is 3.53. The van der Waals surface area contributed by atoms with Gasteiger partial charge < -0.3 is 0 Å². The Morgan fingerprint density at radius 2 is 1.75 bits per heavy atom. The molecule has 2 amide bonds. The zero-order chi connectivity index (χ0) is 22.4. The predicted molar refractivity (Wildman–Crippen MR) is 120 cm³/mol. The van der Waals surface area contributed by atoms with Gasteiger partial charge in [0, 0.05) is 17.9 Å². The molecule has 4 aromatic rings. The van der Waals surface area contributed by atoms with Crippen LogP contribution in [0.3, 0.4) is 0 Å². The number of rotatable bonds is 5. The molecule has 0 radical (unpaired) electrons.